The summed E-state index contributed by atoms with van der Waals surface area (Å²) < 4.78 is 0. The molecule has 84 valence electrons. The molecule has 1 rings (SSSR count). The number of nitrogens with one attached hydrogen (secondary N) is 1. The molecule has 1 saturated heterocycles. The van der Waals surface area contributed by atoms with Gasteiger partial charge in [-0.25, -0.2) is 0 Å². The number of rotatable bonds is 6. The number of piperidine rings is 1. The summed E-state index contributed by atoms with van der Waals surface area (Å²) in [5.41, 5.74) is 5.85. The third-order valence-electron chi connectivity index (χ3n) is 2.94. The molecule has 1 fully saturated rings. The van der Waals surface area contributed by atoms with E-state index < -0.39 is 0 Å². The predicted molar refractivity (Wildman–Crippen MR) is 61.4 cm³/mol. The summed E-state index contributed by atoms with van der Waals surface area (Å²) in [6.07, 6.45) is 4.93. The second-order valence-electron chi connectivity index (χ2n) is 4.28. The summed E-state index contributed by atoms with van der Waals surface area (Å²) in [4.78, 5) is 2.52. The van der Waals surface area contributed by atoms with Gasteiger partial charge in [-0.2, -0.15) is 0 Å². The molecule has 0 radical (unpaired) electrons. The van der Waals surface area contributed by atoms with Crippen molar-refractivity contribution in [3.8, 4) is 0 Å². The Hall–Kier alpha value is -0.120. The number of hydrogen-bond donors (Lipinski definition) is 2. The molecule has 0 aliphatic carbocycles. The number of hydrogen-bond acceptors (Lipinski definition) is 3. The van der Waals surface area contributed by atoms with E-state index in [2.05, 4.69) is 17.1 Å². The van der Waals surface area contributed by atoms with Crippen LogP contribution in [0.2, 0.25) is 0 Å². The van der Waals surface area contributed by atoms with Crippen LogP contribution in [-0.2, 0) is 0 Å². The molecule has 3 heteroatoms. The van der Waals surface area contributed by atoms with Crippen molar-refractivity contribution in [1.29, 1.82) is 0 Å². The van der Waals surface area contributed by atoms with E-state index in [1.54, 1.807) is 0 Å². The van der Waals surface area contributed by atoms with Crippen LogP contribution in [0.4, 0.5) is 0 Å². The lowest BCUT2D eigenvalue weighted by Crippen LogP contribution is -2.42. The van der Waals surface area contributed by atoms with E-state index in [1.807, 2.05) is 0 Å². The molecule has 0 bridgehead atoms. The van der Waals surface area contributed by atoms with Crippen molar-refractivity contribution in [2.75, 3.05) is 32.7 Å². The molecule has 0 atom stereocenters. The van der Waals surface area contributed by atoms with Crippen molar-refractivity contribution in [2.24, 2.45) is 5.73 Å². The van der Waals surface area contributed by atoms with Crippen molar-refractivity contribution in [2.45, 2.75) is 38.6 Å². The van der Waals surface area contributed by atoms with Gasteiger partial charge in [0.25, 0.3) is 0 Å². The molecular weight excluding hydrogens is 174 g/mol. The lowest BCUT2D eigenvalue weighted by atomic mass is 10.1. The molecule has 0 aromatic carbocycles. The van der Waals surface area contributed by atoms with E-state index >= 15 is 0 Å². The first-order valence-electron chi connectivity index (χ1n) is 6.01. The van der Waals surface area contributed by atoms with Crippen LogP contribution in [0.3, 0.4) is 0 Å². The van der Waals surface area contributed by atoms with Gasteiger partial charge in [0.05, 0.1) is 0 Å². The Balaban J connectivity index is 1.91. The van der Waals surface area contributed by atoms with Gasteiger partial charge in [0.2, 0.25) is 0 Å². The minimum atomic E-state index is 0.458. The van der Waals surface area contributed by atoms with Gasteiger partial charge in [0.15, 0.2) is 0 Å². The fraction of sp³-hybridized carbons (Fsp3) is 1.00. The van der Waals surface area contributed by atoms with Crippen molar-refractivity contribution >= 4 is 0 Å². The number of nitrogens with zero attached hydrogens (tertiary/aromatic N) is 1. The molecule has 14 heavy (non-hydrogen) atoms. The Morgan fingerprint density at radius 3 is 2.64 bits per heavy atom. The van der Waals surface area contributed by atoms with E-state index in [9.17, 15) is 0 Å². The van der Waals surface area contributed by atoms with Gasteiger partial charge in [0, 0.05) is 19.1 Å². The fourth-order valence-corrected chi connectivity index (χ4v) is 1.84. The Labute approximate surface area is 88.0 Å². The van der Waals surface area contributed by atoms with E-state index in [4.69, 9.17) is 5.73 Å². The van der Waals surface area contributed by atoms with Gasteiger partial charge in [-0.15, -0.1) is 0 Å². The Bertz CT molecular complexity index is 130. The van der Waals surface area contributed by atoms with Crippen LogP contribution in [0.25, 0.3) is 0 Å². The zero-order chi connectivity index (χ0) is 10.2. The third kappa shape index (κ3) is 4.94. The molecule has 0 unspecified atom stereocenters. The van der Waals surface area contributed by atoms with Crippen LogP contribution >= 0.6 is 0 Å². The second kappa shape index (κ2) is 7.21. The van der Waals surface area contributed by atoms with Crippen LogP contribution in [0.5, 0.6) is 0 Å². The van der Waals surface area contributed by atoms with Crippen molar-refractivity contribution in [3.63, 3.8) is 0 Å². The first-order valence-corrected chi connectivity index (χ1v) is 6.01. The number of likely N-dealkylation sites (tertiary alicyclic amines) is 1. The first-order chi connectivity index (χ1) is 6.83. The van der Waals surface area contributed by atoms with E-state index in [0.29, 0.717) is 6.04 Å². The SMILES string of the molecule is CCCCNCCN1CCC(N)CC1. The zero-order valence-corrected chi connectivity index (χ0v) is 9.47. The summed E-state index contributed by atoms with van der Waals surface area (Å²) >= 11 is 0. The Morgan fingerprint density at radius 1 is 1.29 bits per heavy atom. The van der Waals surface area contributed by atoms with Crippen LogP contribution in [-0.4, -0.2) is 43.7 Å². The highest BCUT2D eigenvalue weighted by Crippen LogP contribution is 2.06. The van der Waals surface area contributed by atoms with Crippen LogP contribution < -0.4 is 11.1 Å². The van der Waals surface area contributed by atoms with Crippen molar-refractivity contribution < 1.29 is 0 Å². The summed E-state index contributed by atoms with van der Waals surface area (Å²) in [7, 11) is 0. The lowest BCUT2D eigenvalue weighted by Gasteiger charge is -2.29. The van der Waals surface area contributed by atoms with Gasteiger partial charge in [-0.1, -0.05) is 13.3 Å². The highest BCUT2D eigenvalue weighted by atomic mass is 15.1. The average molecular weight is 199 g/mol. The van der Waals surface area contributed by atoms with Gasteiger partial charge in [-0.3, -0.25) is 0 Å². The summed E-state index contributed by atoms with van der Waals surface area (Å²) in [5, 5.41) is 3.47. The van der Waals surface area contributed by atoms with Crippen LogP contribution in [0, 0.1) is 0 Å². The van der Waals surface area contributed by atoms with Crippen LogP contribution in [0.1, 0.15) is 32.6 Å². The molecule has 3 nitrogen and oxygen atoms in total. The quantitative estimate of drug-likeness (QED) is 0.622. The number of nitrogens with two attached hydrogens (primary N) is 1. The molecular formula is C11H25N3. The van der Waals surface area contributed by atoms with Gasteiger partial charge in [0.1, 0.15) is 0 Å². The van der Waals surface area contributed by atoms with E-state index in [-0.39, 0.29) is 0 Å². The second-order valence-corrected chi connectivity index (χ2v) is 4.28. The maximum atomic E-state index is 5.85. The topological polar surface area (TPSA) is 41.3 Å². The summed E-state index contributed by atoms with van der Waals surface area (Å²) in [6.45, 7) is 8.11. The zero-order valence-electron chi connectivity index (χ0n) is 9.47. The first kappa shape index (κ1) is 12.0. The molecule has 0 aromatic rings. The number of unbranched alkanes of at least 4 members (excludes halogenated alkanes) is 1. The third-order valence-corrected chi connectivity index (χ3v) is 2.94. The predicted octanol–water partition coefficient (Wildman–Crippen LogP) is 0.799. The summed E-state index contributed by atoms with van der Waals surface area (Å²) in [5.74, 6) is 0. The monoisotopic (exact) mass is 199 g/mol. The minimum Gasteiger partial charge on any atom is -0.328 e. The molecule has 0 spiro atoms. The van der Waals surface area contributed by atoms with Crippen LogP contribution in [0.15, 0.2) is 0 Å². The normalized spacial score (nSPS) is 20.1. The van der Waals surface area contributed by atoms with Gasteiger partial charge >= 0.3 is 0 Å². The molecule has 0 amide bonds. The fourth-order valence-electron chi connectivity index (χ4n) is 1.84. The summed E-state index contributed by atoms with van der Waals surface area (Å²) in [6, 6.07) is 0.458. The van der Waals surface area contributed by atoms with Gasteiger partial charge in [-0.05, 0) is 38.9 Å². The molecule has 0 saturated carbocycles. The molecule has 0 aromatic heterocycles. The lowest BCUT2D eigenvalue weighted by molar-refractivity contribution is 0.213. The van der Waals surface area contributed by atoms with Crippen molar-refractivity contribution in [3.05, 3.63) is 0 Å². The highest BCUT2D eigenvalue weighted by Gasteiger charge is 2.14. The van der Waals surface area contributed by atoms with E-state index in [0.717, 1.165) is 6.54 Å². The standard InChI is InChI=1S/C11H25N3/c1-2-3-6-13-7-10-14-8-4-11(12)5-9-14/h11,13H,2-10,12H2,1H3. The van der Waals surface area contributed by atoms with Gasteiger partial charge < -0.3 is 16.0 Å². The average Bonchev–Trinajstić information content (AvgIpc) is 2.21. The molecule has 1 heterocycles. The van der Waals surface area contributed by atoms with E-state index in [1.165, 1.54) is 51.9 Å². The molecule has 1 aliphatic rings. The maximum Gasteiger partial charge on any atom is 0.0107 e. The maximum absolute atomic E-state index is 5.85. The Kier molecular flexibility index (Phi) is 6.15. The molecule has 3 N–H and O–H groups in total. The largest absolute Gasteiger partial charge is 0.328 e. The smallest absolute Gasteiger partial charge is 0.0107 e. The Morgan fingerprint density at radius 2 is 2.00 bits per heavy atom. The highest BCUT2D eigenvalue weighted by molar-refractivity contribution is 4.74. The van der Waals surface area contributed by atoms with Crippen molar-refractivity contribution in [1.82, 2.24) is 10.2 Å². The molecule has 1 aliphatic heterocycles. The minimum absolute atomic E-state index is 0.458.